The van der Waals surface area contributed by atoms with Gasteiger partial charge >= 0.3 is 0 Å². The van der Waals surface area contributed by atoms with Crippen molar-refractivity contribution in [2.24, 2.45) is 5.92 Å². The number of nitrogens with one attached hydrogen (secondary N) is 3. The van der Waals surface area contributed by atoms with Crippen LogP contribution < -0.4 is 10.6 Å². The average Bonchev–Trinajstić information content (AvgIpc) is 2.86. The molecule has 1 aromatic carbocycles. The van der Waals surface area contributed by atoms with Gasteiger partial charge in [-0.15, -0.1) is 0 Å². The minimum atomic E-state index is -0.186. The standard InChI is InChI=1S/C20H27N3O2/c1-12(2)17(23-16-9-7-6-8-10-16)11-21-20(25)19-13(3)18(15(5)24)14(4)22-19/h6-10,12,17,22-23H,11H2,1-5H3,(H,21,25). The summed E-state index contributed by atoms with van der Waals surface area (Å²) in [5.41, 5.74) is 3.54. The van der Waals surface area contributed by atoms with E-state index >= 15 is 0 Å². The van der Waals surface area contributed by atoms with Crippen LogP contribution in [0.5, 0.6) is 0 Å². The third kappa shape index (κ3) is 4.50. The number of rotatable bonds is 7. The van der Waals surface area contributed by atoms with E-state index in [4.69, 9.17) is 0 Å². The highest BCUT2D eigenvalue weighted by molar-refractivity contribution is 6.02. The SMILES string of the molecule is CC(=O)c1c(C)[nH]c(C(=O)NCC(Nc2ccccc2)C(C)C)c1C. The molecule has 0 aliphatic heterocycles. The van der Waals surface area contributed by atoms with Gasteiger partial charge in [0.05, 0.1) is 0 Å². The molecule has 5 heteroatoms. The minimum Gasteiger partial charge on any atom is -0.380 e. The second-order valence-electron chi connectivity index (χ2n) is 6.75. The van der Waals surface area contributed by atoms with Crippen LogP contribution in [0, 0.1) is 19.8 Å². The number of ketones is 1. The van der Waals surface area contributed by atoms with E-state index in [0.29, 0.717) is 29.3 Å². The molecule has 1 amide bonds. The maximum Gasteiger partial charge on any atom is 0.268 e. The first-order valence-electron chi connectivity index (χ1n) is 8.61. The number of amides is 1. The fraction of sp³-hybridized carbons (Fsp3) is 0.400. The number of para-hydroxylation sites is 1. The largest absolute Gasteiger partial charge is 0.380 e. The van der Waals surface area contributed by atoms with E-state index in [9.17, 15) is 9.59 Å². The van der Waals surface area contributed by atoms with Crippen molar-refractivity contribution in [1.29, 1.82) is 0 Å². The van der Waals surface area contributed by atoms with Gasteiger partial charge < -0.3 is 15.6 Å². The Balaban J connectivity index is 2.07. The highest BCUT2D eigenvalue weighted by Crippen LogP contribution is 2.18. The molecule has 134 valence electrons. The van der Waals surface area contributed by atoms with Gasteiger partial charge in [-0.2, -0.15) is 0 Å². The Kier molecular flexibility index (Phi) is 6.02. The lowest BCUT2D eigenvalue weighted by molar-refractivity contribution is 0.0945. The molecule has 0 aliphatic rings. The van der Waals surface area contributed by atoms with Crippen LogP contribution in [0.4, 0.5) is 5.69 Å². The number of benzene rings is 1. The molecule has 0 aliphatic carbocycles. The van der Waals surface area contributed by atoms with Crippen LogP contribution in [0.15, 0.2) is 30.3 Å². The van der Waals surface area contributed by atoms with Gasteiger partial charge in [-0.05, 0) is 44.4 Å². The van der Waals surface area contributed by atoms with Gasteiger partial charge in [0.1, 0.15) is 5.69 Å². The number of H-pyrrole nitrogens is 1. The van der Waals surface area contributed by atoms with Gasteiger partial charge in [0.2, 0.25) is 0 Å². The lowest BCUT2D eigenvalue weighted by atomic mass is 10.0. The molecule has 0 fully saturated rings. The molecule has 5 nitrogen and oxygen atoms in total. The molecule has 1 heterocycles. The van der Waals surface area contributed by atoms with E-state index in [2.05, 4.69) is 29.5 Å². The Labute approximate surface area is 149 Å². The van der Waals surface area contributed by atoms with E-state index in [1.54, 1.807) is 6.92 Å². The molecular weight excluding hydrogens is 314 g/mol. The molecule has 0 bridgehead atoms. The molecule has 0 spiro atoms. The van der Waals surface area contributed by atoms with Crippen LogP contribution >= 0.6 is 0 Å². The first-order valence-corrected chi connectivity index (χ1v) is 8.61. The van der Waals surface area contributed by atoms with Gasteiger partial charge in [0.15, 0.2) is 5.78 Å². The fourth-order valence-corrected chi connectivity index (χ4v) is 3.00. The van der Waals surface area contributed by atoms with Gasteiger partial charge in [-0.3, -0.25) is 9.59 Å². The molecule has 3 N–H and O–H groups in total. The Bertz CT molecular complexity index is 748. The third-order valence-electron chi connectivity index (χ3n) is 4.43. The van der Waals surface area contributed by atoms with Crippen molar-refractivity contribution < 1.29 is 9.59 Å². The van der Waals surface area contributed by atoms with Crippen LogP contribution in [-0.2, 0) is 0 Å². The molecule has 0 saturated carbocycles. The third-order valence-corrected chi connectivity index (χ3v) is 4.43. The van der Waals surface area contributed by atoms with Crippen molar-refractivity contribution in [2.45, 2.75) is 40.7 Å². The highest BCUT2D eigenvalue weighted by atomic mass is 16.2. The summed E-state index contributed by atoms with van der Waals surface area (Å²) < 4.78 is 0. The van der Waals surface area contributed by atoms with Crippen molar-refractivity contribution >= 4 is 17.4 Å². The Morgan fingerprint density at radius 3 is 2.28 bits per heavy atom. The van der Waals surface area contributed by atoms with Crippen molar-refractivity contribution in [3.63, 3.8) is 0 Å². The first-order chi connectivity index (χ1) is 11.8. The molecule has 2 aromatic rings. The number of Topliss-reactive ketones (excluding diaryl/α,β-unsaturated/α-hetero) is 1. The first kappa shape index (κ1) is 18.8. The number of carbonyl (C=O) groups is 2. The lowest BCUT2D eigenvalue weighted by Gasteiger charge is -2.24. The average molecular weight is 341 g/mol. The second-order valence-corrected chi connectivity index (χ2v) is 6.75. The van der Waals surface area contributed by atoms with Crippen molar-refractivity contribution in [3.8, 4) is 0 Å². The number of aromatic amines is 1. The monoisotopic (exact) mass is 341 g/mol. The van der Waals surface area contributed by atoms with Crippen molar-refractivity contribution in [2.75, 3.05) is 11.9 Å². The van der Waals surface area contributed by atoms with Gasteiger partial charge in [-0.1, -0.05) is 32.0 Å². The quantitative estimate of drug-likeness (QED) is 0.672. The molecule has 1 atom stereocenters. The highest BCUT2D eigenvalue weighted by Gasteiger charge is 2.21. The normalized spacial score (nSPS) is 12.1. The van der Waals surface area contributed by atoms with Crippen LogP contribution in [0.1, 0.15) is 52.9 Å². The summed E-state index contributed by atoms with van der Waals surface area (Å²) in [6.45, 7) is 9.86. The maximum absolute atomic E-state index is 12.6. The second kappa shape index (κ2) is 8.01. The smallest absolute Gasteiger partial charge is 0.268 e. The fourth-order valence-electron chi connectivity index (χ4n) is 3.00. The van der Waals surface area contributed by atoms with E-state index < -0.39 is 0 Å². The van der Waals surface area contributed by atoms with E-state index in [0.717, 1.165) is 11.4 Å². The molecule has 0 saturated heterocycles. The summed E-state index contributed by atoms with van der Waals surface area (Å²) in [7, 11) is 0. The topological polar surface area (TPSA) is 74.0 Å². The summed E-state index contributed by atoms with van der Waals surface area (Å²) >= 11 is 0. The number of aryl methyl sites for hydroxylation is 1. The number of carbonyl (C=O) groups excluding carboxylic acids is 2. The number of hydrogen-bond acceptors (Lipinski definition) is 3. The Morgan fingerprint density at radius 2 is 1.76 bits per heavy atom. The van der Waals surface area contributed by atoms with Crippen LogP contribution in [0.25, 0.3) is 0 Å². The van der Waals surface area contributed by atoms with E-state index in [1.807, 2.05) is 37.3 Å². The van der Waals surface area contributed by atoms with Crippen molar-refractivity contribution in [3.05, 3.63) is 52.8 Å². The van der Waals surface area contributed by atoms with Crippen molar-refractivity contribution in [1.82, 2.24) is 10.3 Å². The Hall–Kier alpha value is -2.56. The molecule has 1 unspecified atom stereocenters. The summed E-state index contributed by atoms with van der Waals surface area (Å²) in [4.78, 5) is 27.3. The molecule has 0 radical (unpaired) electrons. The molecule has 2 rings (SSSR count). The minimum absolute atomic E-state index is 0.0314. The van der Waals surface area contributed by atoms with E-state index in [-0.39, 0.29) is 17.7 Å². The molecular formula is C20H27N3O2. The summed E-state index contributed by atoms with van der Waals surface area (Å²) in [5, 5.41) is 6.43. The Morgan fingerprint density at radius 1 is 1.12 bits per heavy atom. The predicted octanol–water partition coefficient (Wildman–Crippen LogP) is 3.70. The summed E-state index contributed by atoms with van der Waals surface area (Å²) in [6, 6.07) is 10.1. The number of aromatic nitrogens is 1. The summed E-state index contributed by atoms with van der Waals surface area (Å²) in [6.07, 6.45) is 0. The van der Waals surface area contributed by atoms with E-state index in [1.165, 1.54) is 6.92 Å². The van der Waals surface area contributed by atoms with Crippen LogP contribution in [0.2, 0.25) is 0 Å². The number of hydrogen-bond donors (Lipinski definition) is 3. The van der Waals surface area contributed by atoms with Crippen LogP contribution in [0.3, 0.4) is 0 Å². The predicted molar refractivity (Wildman–Crippen MR) is 101 cm³/mol. The zero-order valence-corrected chi connectivity index (χ0v) is 15.6. The van der Waals surface area contributed by atoms with Gasteiger partial charge in [0, 0.05) is 29.5 Å². The zero-order valence-electron chi connectivity index (χ0n) is 15.6. The summed E-state index contributed by atoms with van der Waals surface area (Å²) in [5.74, 6) is 0.129. The zero-order chi connectivity index (χ0) is 18.6. The molecule has 25 heavy (non-hydrogen) atoms. The lowest BCUT2D eigenvalue weighted by Crippen LogP contribution is -2.40. The van der Waals surface area contributed by atoms with Gasteiger partial charge in [-0.25, -0.2) is 0 Å². The number of anilines is 1. The van der Waals surface area contributed by atoms with Crippen LogP contribution in [-0.4, -0.2) is 29.3 Å². The van der Waals surface area contributed by atoms with Gasteiger partial charge in [0.25, 0.3) is 5.91 Å². The molecule has 1 aromatic heterocycles. The maximum atomic E-state index is 12.6.